The summed E-state index contributed by atoms with van der Waals surface area (Å²) in [7, 11) is 0. The van der Waals surface area contributed by atoms with Crippen LogP contribution in [0, 0.1) is 5.41 Å². The largest absolute Gasteiger partial charge is 0.481 e. The number of piperidine rings is 1. The number of benzene rings is 1. The molecule has 1 amide bonds. The molecule has 0 spiro atoms. The molecule has 5 heteroatoms. The Morgan fingerprint density at radius 2 is 1.95 bits per heavy atom. The van der Waals surface area contributed by atoms with Crippen LogP contribution in [0.5, 0.6) is 0 Å². The van der Waals surface area contributed by atoms with Gasteiger partial charge in [-0.25, -0.2) is 0 Å². The van der Waals surface area contributed by atoms with E-state index < -0.39 is 11.4 Å². The van der Waals surface area contributed by atoms with Gasteiger partial charge in [-0.2, -0.15) is 0 Å². The average molecular weight is 262 g/mol. The zero-order chi connectivity index (χ0) is 14.0. The first kappa shape index (κ1) is 13.4. The van der Waals surface area contributed by atoms with Crippen LogP contribution in [-0.2, 0) is 4.79 Å². The zero-order valence-corrected chi connectivity index (χ0v) is 10.9. The first-order chi connectivity index (χ1) is 8.92. The number of anilines is 1. The number of nitrogens with zero attached hydrogens (tertiary/aromatic N) is 1. The lowest BCUT2D eigenvalue weighted by atomic mass is 9.80. The van der Waals surface area contributed by atoms with E-state index in [0.29, 0.717) is 37.2 Å². The first-order valence-electron chi connectivity index (χ1n) is 6.31. The summed E-state index contributed by atoms with van der Waals surface area (Å²) >= 11 is 0. The molecule has 0 aliphatic carbocycles. The second-order valence-corrected chi connectivity index (χ2v) is 5.28. The zero-order valence-electron chi connectivity index (χ0n) is 10.9. The van der Waals surface area contributed by atoms with Gasteiger partial charge < -0.3 is 15.7 Å². The van der Waals surface area contributed by atoms with E-state index in [1.807, 2.05) is 0 Å². The van der Waals surface area contributed by atoms with Crippen molar-refractivity contribution >= 4 is 17.6 Å². The number of likely N-dealkylation sites (tertiary alicyclic amines) is 1. The lowest BCUT2D eigenvalue weighted by Gasteiger charge is -2.36. The Morgan fingerprint density at radius 3 is 2.47 bits per heavy atom. The Kier molecular flexibility index (Phi) is 3.46. The predicted molar refractivity (Wildman–Crippen MR) is 71.7 cm³/mol. The van der Waals surface area contributed by atoms with Crippen LogP contribution in [0.25, 0.3) is 0 Å². The fraction of sp³-hybridized carbons (Fsp3) is 0.429. The van der Waals surface area contributed by atoms with Gasteiger partial charge in [0.05, 0.1) is 5.41 Å². The molecule has 0 bridgehead atoms. The quantitative estimate of drug-likeness (QED) is 0.793. The maximum Gasteiger partial charge on any atom is 0.309 e. The molecular formula is C14H18N2O3. The molecule has 1 aliphatic rings. The molecule has 0 aromatic heterocycles. The van der Waals surface area contributed by atoms with Gasteiger partial charge in [0.25, 0.3) is 5.91 Å². The van der Waals surface area contributed by atoms with Gasteiger partial charge in [0.15, 0.2) is 0 Å². The summed E-state index contributed by atoms with van der Waals surface area (Å²) in [5.74, 6) is -0.872. The highest BCUT2D eigenvalue weighted by Crippen LogP contribution is 2.31. The van der Waals surface area contributed by atoms with E-state index >= 15 is 0 Å². The Hall–Kier alpha value is -2.04. The number of carboxylic acids is 1. The molecule has 102 valence electrons. The lowest BCUT2D eigenvalue weighted by molar-refractivity contribution is -0.150. The van der Waals surface area contributed by atoms with E-state index in [9.17, 15) is 9.59 Å². The second kappa shape index (κ2) is 4.91. The van der Waals surface area contributed by atoms with Crippen LogP contribution in [0.3, 0.4) is 0 Å². The lowest BCUT2D eigenvalue weighted by Crippen LogP contribution is -2.45. The van der Waals surface area contributed by atoms with Gasteiger partial charge in [0.2, 0.25) is 0 Å². The number of hydrogen-bond acceptors (Lipinski definition) is 3. The SMILES string of the molecule is CC1(C(=O)O)CCN(C(=O)c2cccc(N)c2)CC1. The summed E-state index contributed by atoms with van der Waals surface area (Å²) in [4.78, 5) is 25.1. The third kappa shape index (κ3) is 2.70. The summed E-state index contributed by atoms with van der Waals surface area (Å²) in [6, 6.07) is 6.85. The van der Waals surface area contributed by atoms with E-state index in [0.717, 1.165) is 0 Å². The van der Waals surface area contributed by atoms with Crippen molar-refractivity contribution in [1.82, 2.24) is 4.90 Å². The van der Waals surface area contributed by atoms with Crippen LogP contribution in [0.2, 0.25) is 0 Å². The number of carboxylic acid groups (broad SMARTS) is 1. The second-order valence-electron chi connectivity index (χ2n) is 5.28. The standard InChI is InChI=1S/C14H18N2O3/c1-14(13(18)19)5-7-16(8-6-14)12(17)10-3-2-4-11(15)9-10/h2-4,9H,5-8,15H2,1H3,(H,18,19). The molecule has 3 N–H and O–H groups in total. The Bertz CT molecular complexity index is 505. The summed E-state index contributed by atoms with van der Waals surface area (Å²) in [5.41, 5.74) is 6.05. The van der Waals surface area contributed by atoms with Gasteiger partial charge in [-0.1, -0.05) is 6.07 Å². The third-order valence-electron chi connectivity index (χ3n) is 3.80. The number of nitrogens with two attached hydrogens (primary N) is 1. The normalized spacial score (nSPS) is 18.1. The summed E-state index contributed by atoms with van der Waals surface area (Å²) in [6.45, 7) is 2.67. The molecule has 0 unspecified atom stereocenters. The van der Waals surface area contributed by atoms with Crippen molar-refractivity contribution in [2.75, 3.05) is 18.8 Å². The molecule has 5 nitrogen and oxygen atoms in total. The third-order valence-corrected chi connectivity index (χ3v) is 3.80. The molecule has 1 aromatic rings. The monoisotopic (exact) mass is 262 g/mol. The molecule has 1 aliphatic heterocycles. The van der Waals surface area contributed by atoms with Crippen LogP contribution < -0.4 is 5.73 Å². The minimum atomic E-state index is -0.788. The van der Waals surface area contributed by atoms with Gasteiger partial charge in [-0.3, -0.25) is 9.59 Å². The van der Waals surface area contributed by atoms with Crippen LogP contribution in [0.15, 0.2) is 24.3 Å². The topological polar surface area (TPSA) is 83.6 Å². The number of carbonyl (C=O) groups excluding carboxylic acids is 1. The van der Waals surface area contributed by atoms with Gasteiger partial charge >= 0.3 is 5.97 Å². The van der Waals surface area contributed by atoms with E-state index in [-0.39, 0.29) is 5.91 Å². The van der Waals surface area contributed by atoms with E-state index in [1.165, 1.54) is 0 Å². The molecule has 19 heavy (non-hydrogen) atoms. The van der Waals surface area contributed by atoms with Gasteiger partial charge in [-0.05, 0) is 38.0 Å². The smallest absolute Gasteiger partial charge is 0.309 e. The maximum absolute atomic E-state index is 12.3. The molecule has 1 aromatic carbocycles. The number of nitrogen functional groups attached to an aromatic ring is 1. The first-order valence-corrected chi connectivity index (χ1v) is 6.31. The number of rotatable bonds is 2. The van der Waals surface area contributed by atoms with Crippen molar-refractivity contribution in [3.8, 4) is 0 Å². The molecule has 1 heterocycles. The van der Waals surface area contributed by atoms with Crippen LogP contribution in [-0.4, -0.2) is 35.0 Å². The molecular weight excluding hydrogens is 244 g/mol. The number of aliphatic carboxylic acids is 1. The Balaban J connectivity index is 2.06. The highest BCUT2D eigenvalue weighted by Gasteiger charge is 2.38. The van der Waals surface area contributed by atoms with Crippen molar-refractivity contribution in [2.24, 2.45) is 5.41 Å². The Labute approximate surface area is 112 Å². The minimum Gasteiger partial charge on any atom is -0.481 e. The fourth-order valence-corrected chi connectivity index (χ4v) is 2.27. The van der Waals surface area contributed by atoms with E-state index in [1.54, 1.807) is 36.1 Å². The number of hydrogen-bond donors (Lipinski definition) is 2. The minimum absolute atomic E-state index is 0.0836. The van der Waals surface area contributed by atoms with E-state index in [2.05, 4.69) is 0 Å². The molecule has 0 atom stereocenters. The van der Waals surface area contributed by atoms with Crippen LogP contribution in [0.4, 0.5) is 5.69 Å². The van der Waals surface area contributed by atoms with Crippen molar-refractivity contribution in [3.63, 3.8) is 0 Å². The fourth-order valence-electron chi connectivity index (χ4n) is 2.27. The van der Waals surface area contributed by atoms with Crippen molar-refractivity contribution in [3.05, 3.63) is 29.8 Å². The van der Waals surface area contributed by atoms with Gasteiger partial charge in [0, 0.05) is 24.3 Å². The van der Waals surface area contributed by atoms with Crippen LogP contribution in [0.1, 0.15) is 30.1 Å². The van der Waals surface area contributed by atoms with Crippen LogP contribution >= 0.6 is 0 Å². The van der Waals surface area contributed by atoms with Crippen molar-refractivity contribution in [2.45, 2.75) is 19.8 Å². The predicted octanol–water partition coefficient (Wildman–Crippen LogP) is 1.60. The average Bonchev–Trinajstić information content (AvgIpc) is 2.38. The number of carbonyl (C=O) groups is 2. The van der Waals surface area contributed by atoms with Crippen molar-refractivity contribution in [1.29, 1.82) is 0 Å². The van der Waals surface area contributed by atoms with Gasteiger partial charge in [0.1, 0.15) is 0 Å². The highest BCUT2D eigenvalue weighted by molar-refractivity contribution is 5.95. The Morgan fingerprint density at radius 1 is 1.32 bits per heavy atom. The summed E-state index contributed by atoms with van der Waals surface area (Å²) in [5, 5.41) is 9.16. The molecule has 2 rings (SSSR count). The molecule has 1 saturated heterocycles. The summed E-state index contributed by atoms with van der Waals surface area (Å²) in [6.07, 6.45) is 0.965. The highest BCUT2D eigenvalue weighted by atomic mass is 16.4. The number of amides is 1. The molecule has 0 radical (unpaired) electrons. The van der Waals surface area contributed by atoms with E-state index in [4.69, 9.17) is 10.8 Å². The molecule has 0 saturated carbocycles. The maximum atomic E-state index is 12.3. The summed E-state index contributed by atoms with van der Waals surface area (Å²) < 4.78 is 0. The van der Waals surface area contributed by atoms with Gasteiger partial charge in [-0.15, -0.1) is 0 Å². The molecule has 1 fully saturated rings. The van der Waals surface area contributed by atoms with Crippen molar-refractivity contribution < 1.29 is 14.7 Å².